The highest BCUT2D eigenvalue weighted by atomic mass is 16.4. The minimum atomic E-state index is -0.872. The third-order valence-corrected chi connectivity index (χ3v) is 4.34. The molecule has 0 aromatic heterocycles. The maximum atomic E-state index is 12.3. The van der Waals surface area contributed by atoms with Crippen molar-refractivity contribution in [2.45, 2.75) is 65.5 Å². The smallest absolute Gasteiger partial charge is 0.317 e. The molecule has 1 rings (SSSR count). The average molecular weight is 284 g/mol. The van der Waals surface area contributed by atoms with Gasteiger partial charge in [-0.15, -0.1) is 0 Å². The third kappa shape index (κ3) is 4.69. The topological polar surface area (TPSA) is 69.6 Å². The SMILES string of the molecule is CCN(C(=O)NC1CCC(C)CC1C)C(C)CC(=O)O. The Morgan fingerprint density at radius 2 is 2.00 bits per heavy atom. The van der Waals surface area contributed by atoms with E-state index < -0.39 is 5.97 Å². The number of carbonyl (C=O) groups excluding carboxylic acids is 1. The molecule has 0 bridgehead atoms. The zero-order valence-electron chi connectivity index (χ0n) is 13.1. The molecule has 0 aliphatic heterocycles. The molecule has 1 fully saturated rings. The maximum Gasteiger partial charge on any atom is 0.317 e. The van der Waals surface area contributed by atoms with Crippen molar-refractivity contribution in [3.8, 4) is 0 Å². The molecule has 0 heterocycles. The first-order valence-corrected chi connectivity index (χ1v) is 7.64. The number of carbonyl (C=O) groups is 2. The van der Waals surface area contributed by atoms with E-state index in [4.69, 9.17) is 5.11 Å². The summed E-state index contributed by atoms with van der Waals surface area (Å²) in [6.45, 7) is 8.62. The number of hydrogen-bond donors (Lipinski definition) is 2. The van der Waals surface area contributed by atoms with Crippen molar-refractivity contribution in [1.29, 1.82) is 0 Å². The fourth-order valence-electron chi connectivity index (χ4n) is 3.14. The van der Waals surface area contributed by atoms with E-state index in [9.17, 15) is 9.59 Å². The molecule has 4 unspecified atom stereocenters. The summed E-state index contributed by atoms with van der Waals surface area (Å²) in [5.41, 5.74) is 0. The Balaban J connectivity index is 2.56. The summed E-state index contributed by atoms with van der Waals surface area (Å²) in [7, 11) is 0. The molecule has 0 aromatic carbocycles. The molecule has 2 amide bonds. The van der Waals surface area contributed by atoms with Gasteiger partial charge in [0.05, 0.1) is 6.42 Å². The van der Waals surface area contributed by atoms with Crippen molar-refractivity contribution in [3.63, 3.8) is 0 Å². The lowest BCUT2D eigenvalue weighted by molar-refractivity contribution is -0.138. The number of hydrogen-bond acceptors (Lipinski definition) is 2. The van der Waals surface area contributed by atoms with Crippen LogP contribution in [0.3, 0.4) is 0 Å². The van der Waals surface area contributed by atoms with Gasteiger partial charge in [-0.05, 0) is 44.9 Å². The zero-order valence-corrected chi connectivity index (χ0v) is 13.1. The normalized spacial score (nSPS) is 27.7. The molecule has 1 aliphatic rings. The van der Waals surface area contributed by atoms with E-state index in [1.807, 2.05) is 6.92 Å². The molecule has 0 spiro atoms. The van der Waals surface area contributed by atoms with Crippen LogP contribution in [-0.2, 0) is 4.79 Å². The standard InChI is InChI=1S/C15H28N2O3/c1-5-17(12(4)9-14(18)19)15(20)16-13-7-6-10(2)8-11(13)3/h10-13H,5-9H2,1-4H3,(H,16,20)(H,18,19). The Labute approximate surface area is 121 Å². The van der Waals surface area contributed by atoms with Gasteiger partial charge in [0.1, 0.15) is 0 Å². The summed E-state index contributed by atoms with van der Waals surface area (Å²) in [5.74, 6) is 0.339. The summed E-state index contributed by atoms with van der Waals surface area (Å²) in [6, 6.07) is -0.201. The average Bonchev–Trinajstić information content (AvgIpc) is 2.32. The fourth-order valence-corrected chi connectivity index (χ4v) is 3.14. The predicted molar refractivity (Wildman–Crippen MR) is 78.6 cm³/mol. The second-order valence-electron chi connectivity index (χ2n) is 6.18. The Bertz CT molecular complexity index is 346. The summed E-state index contributed by atoms with van der Waals surface area (Å²) < 4.78 is 0. The molecule has 2 N–H and O–H groups in total. The van der Waals surface area contributed by atoms with Gasteiger partial charge >= 0.3 is 12.0 Å². The summed E-state index contributed by atoms with van der Waals surface area (Å²) in [5, 5.41) is 11.9. The first-order chi connectivity index (χ1) is 9.35. The molecule has 5 nitrogen and oxygen atoms in total. The minimum Gasteiger partial charge on any atom is -0.481 e. The Morgan fingerprint density at radius 1 is 1.35 bits per heavy atom. The number of nitrogens with zero attached hydrogens (tertiary/aromatic N) is 1. The lowest BCUT2D eigenvalue weighted by Crippen LogP contribution is -2.51. The van der Waals surface area contributed by atoms with E-state index in [2.05, 4.69) is 19.2 Å². The van der Waals surface area contributed by atoms with Gasteiger partial charge in [-0.3, -0.25) is 4.79 Å². The van der Waals surface area contributed by atoms with E-state index in [-0.39, 0.29) is 24.5 Å². The van der Waals surface area contributed by atoms with Gasteiger partial charge in [0, 0.05) is 18.6 Å². The van der Waals surface area contributed by atoms with Crippen LogP contribution < -0.4 is 5.32 Å². The van der Waals surface area contributed by atoms with Crippen molar-refractivity contribution < 1.29 is 14.7 Å². The van der Waals surface area contributed by atoms with Crippen molar-refractivity contribution in [2.24, 2.45) is 11.8 Å². The first-order valence-electron chi connectivity index (χ1n) is 7.64. The Morgan fingerprint density at radius 3 is 2.50 bits per heavy atom. The first kappa shape index (κ1) is 16.8. The van der Waals surface area contributed by atoms with Crippen LogP contribution in [0.15, 0.2) is 0 Å². The monoisotopic (exact) mass is 284 g/mol. The summed E-state index contributed by atoms with van der Waals surface area (Å²) in [6.07, 6.45) is 3.28. The molecule has 0 radical (unpaired) electrons. The van der Waals surface area contributed by atoms with E-state index in [0.717, 1.165) is 25.2 Å². The number of aliphatic carboxylic acids is 1. The van der Waals surface area contributed by atoms with E-state index >= 15 is 0 Å². The van der Waals surface area contributed by atoms with Crippen LogP contribution in [0.5, 0.6) is 0 Å². The maximum absolute atomic E-state index is 12.3. The predicted octanol–water partition coefficient (Wildman–Crippen LogP) is 2.71. The molecule has 116 valence electrons. The highest BCUT2D eigenvalue weighted by molar-refractivity contribution is 5.76. The van der Waals surface area contributed by atoms with Crippen molar-refractivity contribution in [1.82, 2.24) is 10.2 Å². The van der Waals surface area contributed by atoms with Gasteiger partial charge in [0.25, 0.3) is 0 Å². The summed E-state index contributed by atoms with van der Waals surface area (Å²) >= 11 is 0. The van der Waals surface area contributed by atoms with Crippen LogP contribution >= 0.6 is 0 Å². The molecule has 5 heteroatoms. The number of nitrogens with one attached hydrogen (secondary N) is 1. The van der Waals surface area contributed by atoms with Crippen molar-refractivity contribution >= 4 is 12.0 Å². The minimum absolute atomic E-state index is 0.0154. The number of carboxylic acid groups (broad SMARTS) is 1. The molecule has 0 saturated heterocycles. The lowest BCUT2D eigenvalue weighted by atomic mass is 9.80. The second kappa shape index (κ2) is 7.50. The van der Waals surface area contributed by atoms with Gasteiger partial charge in [-0.1, -0.05) is 13.8 Å². The van der Waals surface area contributed by atoms with Gasteiger partial charge in [0.15, 0.2) is 0 Å². The molecule has 4 atom stereocenters. The number of urea groups is 1. The highest BCUT2D eigenvalue weighted by Crippen LogP contribution is 2.28. The van der Waals surface area contributed by atoms with Crippen LogP contribution in [0, 0.1) is 11.8 Å². The Kier molecular flexibility index (Phi) is 6.30. The van der Waals surface area contributed by atoms with Gasteiger partial charge in [-0.2, -0.15) is 0 Å². The molecule has 1 aliphatic carbocycles. The van der Waals surface area contributed by atoms with Crippen LogP contribution in [0.4, 0.5) is 4.79 Å². The van der Waals surface area contributed by atoms with E-state index in [1.54, 1.807) is 11.8 Å². The number of amides is 2. The van der Waals surface area contributed by atoms with Crippen LogP contribution in [0.2, 0.25) is 0 Å². The number of rotatable bonds is 5. The van der Waals surface area contributed by atoms with E-state index in [0.29, 0.717) is 12.5 Å². The highest BCUT2D eigenvalue weighted by Gasteiger charge is 2.29. The van der Waals surface area contributed by atoms with Gasteiger partial charge < -0.3 is 15.3 Å². The zero-order chi connectivity index (χ0) is 15.3. The molecule has 20 heavy (non-hydrogen) atoms. The summed E-state index contributed by atoms with van der Waals surface area (Å²) in [4.78, 5) is 24.7. The second-order valence-corrected chi connectivity index (χ2v) is 6.18. The van der Waals surface area contributed by atoms with Crippen molar-refractivity contribution in [3.05, 3.63) is 0 Å². The van der Waals surface area contributed by atoms with Gasteiger partial charge in [0.2, 0.25) is 0 Å². The molecule has 0 aromatic rings. The quantitative estimate of drug-likeness (QED) is 0.815. The van der Waals surface area contributed by atoms with Gasteiger partial charge in [-0.25, -0.2) is 4.79 Å². The molecular formula is C15H28N2O3. The number of carboxylic acids is 1. The van der Waals surface area contributed by atoms with E-state index in [1.165, 1.54) is 0 Å². The molecule has 1 saturated carbocycles. The van der Waals surface area contributed by atoms with Crippen LogP contribution in [0.1, 0.15) is 53.4 Å². The molecular weight excluding hydrogens is 256 g/mol. The van der Waals surface area contributed by atoms with Crippen molar-refractivity contribution in [2.75, 3.05) is 6.54 Å². The van der Waals surface area contributed by atoms with Crippen LogP contribution in [0.25, 0.3) is 0 Å². The lowest BCUT2D eigenvalue weighted by Gasteiger charge is -2.36. The Hall–Kier alpha value is -1.26. The fraction of sp³-hybridized carbons (Fsp3) is 0.867. The third-order valence-electron chi connectivity index (χ3n) is 4.34. The van der Waals surface area contributed by atoms with Crippen LogP contribution in [-0.4, -0.2) is 40.6 Å². The largest absolute Gasteiger partial charge is 0.481 e.